The Labute approximate surface area is 173 Å². The normalized spacial score (nSPS) is 15.2. The Bertz CT molecular complexity index is 817. The Morgan fingerprint density at radius 2 is 1.79 bits per heavy atom. The average molecular weight is 394 g/mol. The molecule has 2 aromatic rings. The molecule has 5 nitrogen and oxygen atoms in total. The van der Waals surface area contributed by atoms with Crippen LogP contribution in [0.2, 0.25) is 0 Å². The Morgan fingerprint density at radius 3 is 2.38 bits per heavy atom. The van der Waals surface area contributed by atoms with E-state index in [2.05, 4.69) is 55.3 Å². The molecule has 29 heavy (non-hydrogen) atoms. The fraction of sp³-hybridized carbons (Fsp3) is 0.458. The van der Waals surface area contributed by atoms with E-state index in [1.165, 1.54) is 11.1 Å². The lowest BCUT2D eigenvalue weighted by atomic mass is 9.86. The Morgan fingerprint density at radius 1 is 1.10 bits per heavy atom. The van der Waals surface area contributed by atoms with E-state index in [0.29, 0.717) is 25.1 Å². The van der Waals surface area contributed by atoms with Crippen LogP contribution in [0.3, 0.4) is 0 Å². The molecular formula is C24H31N3O2. The number of pyridine rings is 1. The summed E-state index contributed by atoms with van der Waals surface area (Å²) in [4.78, 5) is 30.7. The largest absolute Gasteiger partial charge is 0.349 e. The van der Waals surface area contributed by atoms with Crippen LogP contribution in [0, 0.1) is 0 Å². The third-order valence-electron chi connectivity index (χ3n) is 5.55. The van der Waals surface area contributed by atoms with Crippen LogP contribution >= 0.6 is 0 Å². The van der Waals surface area contributed by atoms with Crippen LogP contribution in [0.15, 0.2) is 48.8 Å². The molecule has 0 aliphatic carbocycles. The number of hydrogen-bond acceptors (Lipinski definition) is 3. The molecule has 2 heterocycles. The van der Waals surface area contributed by atoms with E-state index >= 15 is 0 Å². The van der Waals surface area contributed by atoms with Gasteiger partial charge >= 0.3 is 0 Å². The van der Waals surface area contributed by atoms with Crippen molar-refractivity contribution in [3.63, 3.8) is 0 Å². The van der Waals surface area contributed by atoms with Gasteiger partial charge in [0.2, 0.25) is 5.91 Å². The highest BCUT2D eigenvalue weighted by atomic mass is 16.2. The van der Waals surface area contributed by atoms with Crippen LogP contribution in [0.1, 0.15) is 61.5 Å². The van der Waals surface area contributed by atoms with Crippen LogP contribution in [0.4, 0.5) is 0 Å². The zero-order chi connectivity index (χ0) is 20.9. The predicted octanol–water partition coefficient (Wildman–Crippen LogP) is 3.73. The van der Waals surface area contributed by atoms with Crippen molar-refractivity contribution < 1.29 is 9.59 Å². The summed E-state index contributed by atoms with van der Waals surface area (Å²) in [5.74, 6) is 0.100. The lowest BCUT2D eigenvalue weighted by molar-refractivity contribution is -0.132. The second-order valence-electron chi connectivity index (χ2n) is 8.82. The zero-order valence-electron chi connectivity index (χ0n) is 17.6. The molecule has 3 rings (SSSR count). The fourth-order valence-corrected chi connectivity index (χ4v) is 3.62. The molecule has 0 radical (unpaired) electrons. The number of carbonyl (C=O) groups excluding carboxylic acids is 2. The van der Waals surface area contributed by atoms with Crippen LogP contribution in [-0.2, 0) is 16.6 Å². The number of nitrogens with one attached hydrogen (secondary N) is 1. The maximum atomic E-state index is 12.6. The van der Waals surface area contributed by atoms with Crippen molar-refractivity contribution in [2.75, 3.05) is 13.1 Å². The van der Waals surface area contributed by atoms with Crippen molar-refractivity contribution >= 4 is 11.8 Å². The van der Waals surface area contributed by atoms with Gasteiger partial charge in [0, 0.05) is 37.9 Å². The predicted molar refractivity (Wildman–Crippen MR) is 115 cm³/mol. The van der Waals surface area contributed by atoms with Crippen molar-refractivity contribution in [3.05, 3.63) is 65.5 Å². The minimum Gasteiger partial charge on any atom is -0.349 e. The van der Waals surface area contributed by atoms with Crippen molar-refractivity contribution in [1.82, 2.24) is 15.2 Å². The highest BCUT2D eigenvalue weighted by Crippen LogP contribution is 2.22. The topological polar surface area (TPSA) is 62.3 Å². The molecule has 1 N–H and O–H groups in total. The number of hydrogen-bond donors (Lipinski definition) is 1. The highest BCUT2D eigenvalue weighted by Gasteiger charge is 2.24. The summed E-state index contributed by atoms with van der Waals surface area (Å²) >= 11 is 0. The van der Waals surface area contributed by atoms with Gasteiger partial charge in [0.1, 0.15) is 0 Å². The molecule has 0 spiro atoms. The zero-order valence-corrected chi connectivity index (χ0v) is 17.6. The Kier molecular flexibility index (Phi) is 6.68. The van der Waals surface area contributed by atoms with Gasteiger partial charge in [0.25, 0.3) is 5.91 Å². The number of amides is 2. The molecule has 5 heteroatoms. The minimum atomic E-state index is -0.0958. The second-order valence-corrected chi connectivity index (χ2v) is 8.82. The van der Waals surface area contributed by atoms with Gasteiger partial charge in [-0.3, -0.25) is 14.6 Å². The van der Waals surface area contributed by atoms with Gasteiger partial charge in [-0.2, -0.15) is 0 Å². The van der Waals surface area contributed by atoms with Gasteiger partial charge in [-0.15, -0.1) is 0 Å². The van der Waals surface area contributed by atoms with E-state index in [9.17, 15) is 9.59 Å². The summed E-state index contributed by atoms with van der Waals surface area (Å²) in [7, 11) is 0. The van der Waals surface area contributed by atoms with E-state index in [0.717, 1.165) is 19.3 Å². The number of likely N-dealkylation sites (tertiary alicyclic amines) is 1. The molecule has 1 aliphatic rings. The molecule has 1 aromatic carbocycles. The molecule has 0 saturated carbocycles. The van der Waals surface area contributed by atoms with E-state index in [-0.39, 0.29) is 23.3 Å². The maximum Gasteiger partial charge on any atom is 0.253 e. The first-order valence-corrected chi connectivity index (χ1v) is 10.4. The van der Waals surface area contributed by atoms with Gasteiger partial charge < -0.3 is 10.2 Å². The van der Waals surface area contributed by atoms with Crippen molar-refractivity contribution in [1.29, 1.82) is 0 Å². The number of rotatable bonds is 5. The maximum absolute atomic E-state index is 12.6. The van der Waals surface area contributed by atoms with Gasteiger partial charge in [-0.25, -0.2) is 0 Å². The third-order valence-corrected chi connectivity index (χ3v) is 5.55. The first kappa shape index (κ1) is 21.0. The van der Waals surface area contributed by atoms with E-state index in [4.69, 9.17) is 0 Å². The van der Waals surface area contributed by atoms with E-state index in [1.807, 2.05) is 4.90 Å². The fourth-order valence-electron chi connectivity index (χ4n) is 3.62. The summed E-state index contributed by atoms with van der Waals surface area (Å²) in [6.07, 6.45) is 6.10. The Balaban J connectivity index is 1.42. The smallest absolute Gasteiger partial charge is 0.253 e. The van der Waals surface area contributed by atoms with Gasteiger partial charge in [0.05, 0.1) is 5.56 Å². The number of nitrogens with zero attached hydrogens (tertiary/aromatic N) is 2. The lowest BCUT2D eigenvalue weighted by Gasteiger charge is -2.32. The molecule has 1 aromatic heterocycles. The van der Waals surface area contributed by atoms with Crippen LogP contribution in [0.5, 0.6) is 0 Å². The lowest BCUT2D eigenvalue weighted by Crippen LogP contribution is -2.46. The standard InChI is InChI=1S/C24H31N3O2/c1-24(2,3)20-9-6-18(7-10-20)8-11-22(28)27-15-12-21(13-16-27)26-23(29)19-5-4-14-25-17-19/h4-7,9-10,14,17,21H,8,11-13,15-16H2,1-3H3,(H,26,29). The monoisotopic (exact) mass is 393 g/mol. The third kappa shape index (κ3) is 5.89. The molecule has 1 fully saturated rings. The quantitative estimate of drug-likeness (QED) is 0.842. The number of aromatic nitrogens is 1. The van der Waals surface area contributed by atoms with Gasteiger partial charge in [-0.1, -0.05) is 45.0 Å². The van der Waals surface area contributed by atoms with Crippen molar-refractivity contribution in [2.45, 2.75) is 57.9 Å². The molecule has 2 amide bonds. The summed E-state index contributed by atoms with van der Waals surface area (Å²) in [6.45, 7) is 8.00. The highest BCUT2D eigenvalue weighted by molar-refractivity contribution is 5.94. The summed E-state index contributed by atoms with van der Waals surface area (Å²) < 4.78 is 0. The summed E-state index contributed by atoms with van der Waals surface area (Å²) in [5.41, 5.74) is 3.22. The van der Waals surface area contributed by atoms with Crippen molar-refractivity contribution in [2.24, 2.45) is 0 Å². The van der Waals surface area contributed by atoms with E-state index in [1.54, 1.807) is 24.5 Å². The van der Waals surface area contributed by atoms with E-state index < -0.39 is 0 Å². The molecule has 154 valence electrons. The Hall–Kier alpha value is -2.69. The minimum absolute atomic E-state index is 0.0958. The molecule has 1 saturated heterocycles. The van der Waals surface area contributed by atoms with Gasteiger partial charge in [0.15, 0.2) is 0 Å². The van der Waals surface area contributed by atoms with Gasteiger partial charge in [-0.05, 0) is 47.9 Å². The van der Waals surface area contributed by atoms with Crippen molar-refractivity contribution in [3.8, 4) is 0 Å². The number of carbonyl (C=O) groups is 2. The molecule has 0 unspecified atom stereocenters. The average Bonchev–Trinajstić information content (AvgIpc) is 2.73. The molecule has 1 aliphatic heterocycles. The molecular weight excluding hydrogens is 362 g/mol. The number of aryl methyl sites for hydroxylation is 1. The van der Waals surface area contributed by atoms with Crippen LogP contribution < -0.4 is 5.32 Å². The summed E-state index contributed by atoms with van der Waals surface area (Å²) in [5, 5.41) is 3.05. The number of benzene rings is 1. The molecule has 0 atom stereocenters. The van der Waals surface area contributed by atoms with Crippen LogP contribution in [0.25, 0.3) is 0 Å². The first-order chi connectivity index (χ1) is 13.8. The summed E-state index contributed by atoms with van der Waals surface area (Å²) in [6, 6.07) is 12.2. The second kappa shape index (κ2) is 9.21. The number of piperidine rings is 1. The first-order valence-electron chi connectivity index (χ1n) is 10.4. The SMILES string of the molecule is CC(C)(C)c1ccc(CCC(=O)N2CCC(NC(=O)c3cccnc3)CC2)cc1. The molecule has 0 bridgehead atoms. The van der Waals surface area contributed by atoms with Crippen LogP contribution in [-0.4, -0.2) is 40.8 Å².